The fourth-order valence-electron chi connectivity index (χ4n) is 3.14. The van der Waals surface area contributed by atoms with Gasteiger partial charge >= 0.3 is 5.97 Å². The van der Waals surface area contributed by atoms with Crippen LogP contribution in [-0.4, -0.2) is 49.1 Å². The van der Waals surface area contributed by atoms with Gasteiger partial charge in [-0.3, -0.25) is 0 Å². The van der Waals surface area contributed by atoms with Crippen LogP contribution < -0.4 is 0 Å². The Bertz CT molecular complexity index is 614. The molecule has 2 aliphatic heterocycles. The van der Waals surface area contributed by atoms with Crippen molar-refractivity contribution in [3.63, 3.8) is 0 Å². The first kappa shape index (κ1) is 18.1. The van der Waals surface area contributed by atoms with E-state index in [9.17, 15) is 4.79 Å². The standard InChI is InChI=1S/C19H24O6/c1-5-11-21-18-16(23-17(20)13-9-7-6-8-10-13)15-14(12(2)22-18)24-19(3,4)25-15/h5-10,12,14-16,18H,1,11H2,2-4H3/t12-,14+,15+,16-,18+/m0/s1. The van der Waals surface area contributed by atoms with E-state index >= 15 is 0 Å². The summed E-state index contributed by atoms with van der Waals surface area (Å²) in [6, 6.07) is 8.79. The molecule has 0 aliphatic carbocycles. The lowest BCUT2D eigenvalue weighted by Gasteiger charge is -2.40. The zero-order valence-corrected chi connectivity index (χ0v) is 14.7. The van der Waals surface area contributed by atoms with E-state index in [1.165, 1.54) is 0 Å². The van der Waals surface area contributed by atoms with Gasteiger partial charge in [-0.05, 0) is 32.9 Å². The highest BCUT2D eigenvalue weighted by atomic mass is 16.8. The number of rotatable bonds is 5. The highest BCUT2D eigenvalue weighted by Crippen LogP contribution is 2.39. The van der Waals surface area contributed by atoms with E-state index < -0.39 is 30.3 Å². The van der Waals surface area contributed by atoms with Gasteiger partial charge in [0.05, 0.1) is 18.3 Å². The molecular weight excluding hydrogens is 324 g/mol. The summed E-state index contributed by atoms with van der Waals surface area (Å²) in [5.41, 5.74) is 0.457. The van der Waals surface area contributed by atoms with E-state index in [2.05, 4.69) is 6.58 Å². The lowest BCUT2D eigenvalue weighted by Crippen LogP contribution is -2.57. The largest absolute Gasteiger partial charge is 0.450 e. The van der Waals surface area contributed by atoms with Crippen LogP contribution in [0.1, 0.15) is 31.1 Å². The van der Waals surface area contributed by atoms with Crippen LogP contribution in [0.5, 0.6) is 0 Å². The molecule has 6 nitrogen and oxygen atoms in total. The van der Waals surface area contributed by atoms with Crippen molar-refractivity contribution in [2.24, 2.45) is 0 Å². The Hall–Kier alpha value is -1.73. The first-order valence-corrected chi connectivity index (χ1v) is 8.41. The van der Waals surface area contributed by atoms with Gasteiger partial charge in [0.15, 0.2) is 18.2 Å². The molecule has 0 saturated carbocycles. The molecular formula is C19H24O6. The molecule has 25 heavy (non-hydrogen) atoms. The average molecular weight is 348 g/mol. The monoisotopic (exact) mass is 348 g/mol. The molecule has 0 unspecified atom stereocenters. The zero-order valence-electron chi connectivity index (χ0n) is 14.7. The number of carbonyl (C=O) groups excluding carboxylic acids is 1. The fourth-order valence-corrected chi connectivity index (χ4v) is 3.14. The Morgan fingerprint density at radius 1 is 1.24 bits per heavy atom. The third kappa shape index (κ3) is 3.93. The van der Waals surface area contributed by atoms with Gasteiger partial charge < -0.3 is 23.7 Å². The van der Waals surface area contributed by atoms with E-state index in [0.717, 1.165) is 0 Å². The summed E-state index contributed by atoms with van der Waals surface area (Å²) in [5.74, 6) is -1.24. The van der Waals surface area contributed by atoms with Gasteiger partial charge in [-0.15, -0.1) is 6.58 Å². The molecule has 2 aliphatic rings. The van der Waals surface area contributed by atoms with Crippen molar-refractivity contribution in [2.45, 2.75) is 57.3 Å². The van der Waals surface area contributed by atoms with Crippen LogP contribution in [0.3, 0.4) is 0 Å². The molecule has 0 radical (unpaired) electrons. The molecule has 0 spiro atoms. The van der Waals surface area contributed by atoms with Crippen molar-refractivity contribution in [2.75, 3.05) is 6.61 Å². The van der Waals surface area contributed by atoms with E-state index in [0.29, 0.717) is 5.56 Å². The fraction of sp³-hybridized carbons (Fsp3) is 0.526. The molecule has 3 rings (SSSR count). The minimum Gasteiger partial charge on any atom is -0.450 e. The van der Waals surface area contributed by atoms with E-state index in [1.54, 1.807) is 30.3 Å². The molecule has 2 saturated heterocycles. The third-order valence-electron chi connectivity index (χ3n) is 4.20. The lowest BCUT2D eigenvalue weighted by atomic mass is 9.99. The second kappa shape index (κ2) is 7.25. The second-order valence-corrected chi connectivity index (χ2v) is 6.63. The Morgan fingerprint density at radius 3 is 2.60 bits per heavy atom. The molecule has 0 N–H and O–H groups in total. The Morgan fingerprint density at radius 2 is 1.92 bits per heavy atom. The van der Waals surface area contributed by atoms with Gasteiger partial charge in [0.2, 0.25) is 0 Å². The smallest absolute Gasteiger partial charge is 0.338 e. The quantitative estimate of drug-likeness (QED) is 0.602. The maximum Gasteiger partial charge on any atom is 0.338 e. The first-order valence-electron chi connectivity index (χ1n) is 8.41. The van der Waals surface area contributed by atoms with Crippen LogP contribution in [0.2, 0.25) is 0 Å². The minimum absolute atomic E-state index is 0.256. The molecule has 136 valence electrons. The number of esters is 1. The predicted octanol–water partition coefficient (Wildman–Crippen LogP) is 2.68. The van der Waals surface area contributed by atoms with Crippen LogP contribution in [0, 0.1) is 0 Å². The van der Waals surface area contributed by atoms with Gasteiger partial charge in [0.25, 0.3) is 0 Å². The Labute approximate surface area is 147 Å². The van der Waals surface area contributed by atoms with Gasteiger partial charge in [0, 0.05) is 0 Å². The van der Waals surface area contributed by atoms with Gasteiger partial charge in [-0.1, -0.05) is 24.3 Å². The molecule has 1 aromatic rings. The summed E-state index contributed by atoms with van der Waals surface area (Å²) >= 11 is 0. The van der Waals surface area contributed by atoms with E-state index in [-0.39, 0.29) is 18.8 Å². The maximum atomic E-state index is 12.5. The Kier molecular flexibility index (Phi) is 5.24. The van der Waals surface area contributed by atoms with Crippen molar-refractivity contribution in [3.8, 4) is 0 Å². The average Bonchev–Trinajstić information content (AvgIpc) is 2.92. The van der Waals surface area contributed by atoms with Gasteiger partial charge in [0.1, 0.15) is 12.2 Å². The van der Waals surface area contributed by atoms with Crippen LogP contribution in [-0.2, 0) is 23.7 Å². The summed E-state index contributed by atoms with van der Waals surface area (Å²) in [7, 11) is 0. The van der Waals surface area contributed by atoms with Crippen LogP contribution in [0.4, 0.5) is 0 Å². The normalized spacial score (nSPS) is 33.5. The highest BCUT2D eigenvalue weighted by Gasteiger charge is 2.56. The number of benzene rings is 1. The number of hydrogen-bond acceptors (Lipinski definition) is 6. The maximum absolute atomic E-state index is 12.5. The molecule has 0 bridgehead atoms. The summed E-state index contributed by atoms with van der Waals surface area (Å²) < 4.78 is 29.2. The first-order chi connectivity index (χ1) is 11.9. The van der Waals surface area contributed by atoms with Crippen molar-refractivity contribution < 1.29 is 28.5 Å². The number of hydrogen-bond donors (Lipinski definition) is 0. The van der Waals surface area contributed by atoms with Crippen molar-refractivity contribution in [1.82, 2.24) is 0 Å². The highest BCUT2D eigenvalue weighted by molar-refractivity contribution is 5.89. The Balaban J connectivity index is 1.82. The van der Waals surface area contributed by atoms with Crippen molar-refractivity contribution in [3.05, 3.63) is 48.6 Å². The van der Waals surface area contributed by atoms with Gasteiger partial charge in [-0.2, -0.15) is 0 Å². The lowest BCUT2D eigenvalue weighted by molar-refractivity contribution is -0.269. The SMILES string of the molecule is C=CCO[C@@H]1O[C@@H](C)[C@H]2OC(C)(C)O[C@H]2[C@@H]1OC(=O)c1ccccc1. The van der Waals surface area contributed by atoms with Crippen molar-refractivity contribution >= 4 is 5.97 Å². The van der Waals surface area contributed by atoms with Crippen LogP contribution >= 0.6 is 0 Å². The second-order valence-electron chi connectivity index (χ2n) is 6.63. The molecule has 0 amide bonds. The predicted molar refractivity (Wildman–Crippen MR) is 90.0 cm³/mol. The van der Waals surface area contributed by atoms with Crippen LogP contribution in [0.15, 0.2) is 43.0 Å². The van der Waals surface area contributed by atoms with Crippen molar-refractivity contribution in [1.29, 1.82) is 0 Å². The van der Waals surface area contributed by atoms with E-state index in [4.69, 9.17) is 23.7 Å². The molecule has 5 atom stereocenters. The number of ether oxygens (including phenoxy) is 5. The topological polar surface area (TPSA) is 63.2 Å². The van der Waals surface area contributed by atoms with E-state index in [1.807, 2.05) is 26.8 Å². The summed E-state index contributed by atoms with van der Waals surface area (Å²) in [6.45, 7) is 9.46. The molecule has 6 heteroatoms. The minimum atomic E-state index is -0.780. The zero-order chi connectivity index (χ0) is 18.0. The third-order valence-corrected chi connectivity index (χ3v) is 4.20. The van der Waals surface area contributed by atoms with Gasteiger partial charge in [-0.25, -0.2) is 4.79 Å². The molecule has 2 fully saturated rings. The summed E-state index contributed by atoms with van der Waals surface area (Å²) in [5, 5.41) is 0. The summed E-state index contributed by atoms with van der Waals surface area (Å²) in [4.78, 5) is 12.5. The molecule has 1 aromatic carbocycles. The molecule has 0 aromatic heterocycles. The number of fused-ring (bicyclic) bond motifs is 1. The number of carbonyl (C=O) groups is 1. The van der Waals surface area contributed by atoms with Crippen LogP contribution in [0.25, 0.3) is 0 Å². The molecule has 2 heterocycles. The summed E-state index contributed by atoms with van der Waals surface area (Å²) in [6.07, 6.45) is -0.941.